The first kappa shape index (κ1) is 16.1. The van der Waals surface area contributed by atoms with Gasteiger partial charge in [-0.1, -0.05) is 19.1 Å². The van der Waals surface area contributed by atoms with E-state index in [1.807, 2.05) is 19.9 Å². The van der Waals surface area contributed by atoms with Crippen molar-refractivity contribution in [2.45, 2.75) is 26.3 Å². The van der Waals surface area contributed by atoms with Crippen LogP contribution in [0.5, 0.6) is 5.75 Å². The van der Waals surface area contributed by atoms with Crippen LogP contribution in [0.1, 0.15) is 31.9 Å². The molecule has 120 valence electrons. The minimum Gasteiger partial charge on any atom is -0.508 e. The molecule has 0 radical (unpaired) electrons. The number of phenols is 1. The third-order valence-corrected chi connectivity index (χ3v) is 4.01. The Morgan fingerprint density at radius 2 is 2.09 bits per heavy atom. The molecule has 3 atom stereocenters. The van der Waals surface area contributed by atoms with Gasteiger partial charge in [0.05, 0.1) is 12.0 Å². The van der Waals surface area contributed by atoms with Crippen molar-refractivity contribution in [3.8, 4) is 5.75 Å². The van der Waals surface area contributed by atoms with E-state index in [9.17, 15) is 14.7 Å². The SMILES string of the molecule is CC1CC(C(=O)O)CN(C(=O)NC(C)c2cccc(O)c2)C1. The second-order valence-corrected chi connectivity index (χ2v) is 6.05. The van der Waals surface area contributed by atoms with Crippen molar-refractivity contribution in [1.29, 1.82) is 0 Å². The summed E-state index contributed by atoms with van der Waals surface area (Å²) in [6, 6.07) is 6.18. The minimum atomic E-state index is -0.856. The smallest absolute Gasteiger partial charge is 0.317 e. The number of urea groups is 1. The standard InChI is InChI=1S/C16H22N2O4/c1-10-6-13(15(20)21)9-18(8-10)16(22)17-11(2)12-4-3-5-14(19)7-12/h3-5,7,10-11,13,19H,6,8-9H2,1-2H3,(H,17,22)(H,20,21). The zero-order valence-corrected chi connectivity index (χ0v) is 12.8. The summed E-state index contributed by atoms with van der Waals surface area (Å²) < 4.78 is 0. The van der Waals surface area contributed by atoms with E-state index in [1.165, 1.54) is 0 Å². The predicted octanol–water partition coefficient (Wildman–Crippen LogP) is 2.21. The second kappa shape index (κ2) is 6.68. The third kappa shape index (κ3) is 3.90. The van der Waals surface area contributed by atoms with Gasteiger partial charge < -0.3 is 20.4 Å². The van der Waals surface area contributed by atoms with Gasteiger partial charge in [0.2, 0.25) is 0 Å². The maximum atomic E-state index is 12.3. The van der Waals surface area contributed by atoms with Gasteiger partial charge in [0.25, 0.3) is 0 Å². The van der Waals surface area contributed by atoms with Crippen LogP contribution in [0, 0.1) is 11.8 Å². The van der Waals surface area contributed by atoms with E-state index in [2.05, 4.69) is 5.32 Å². The van der Waals surface area contributed by atoms with Crippen molar-refractivity contribution < 1.29 is 19.8 Å². The van der Waals surface area contributed by atoms with Gasteiger partial charge in [0.15, 0.2) is 0 Å². The Bertz CT molecular complexity index is 561. The molecule has 6 nitrogen and oxygen atoms in total. The number of likely N-dealkylation sites (tertiary alicyclic amines) is 1. The summed E-state index contributed by atoms with van der Waals surface area (Å²) >= 11 is 0. The van der Waals surface area contributed by atoms with Crippen molar-refractivity contribution >= 4 is 12.0 Å². The number of piperidine rings is 1. The fourth-order valence-electron chi connectivity index (χ4n) is 2.85. The average molecular weight is 306 g/mol. The van der Waals surface area contributed by atoms with Gasteiger partial charge in [-0.05, 0) is 37.0 Å². The Morgan fingerprint density at radius 3 is 2.73 bits per heavy atom. The number of carboxylic acid groups (broad SMARTS) is 1. The Hall–Kier alpha value is -2.24. The quantitative estimate of drug-likeness (QED) is 0.798. The van der Waals surface area contributed by atoms with Gasteiger partial charge in [-0.2, -0.15) is 0 Å². The summed E-state index contributed by atoms with van der Waals surface area (Å²) in [5, 5.41) is 21.5. The summed E-state index contributed by atoms with van der Waals surface area (Å²) in [6.07, 6.45) is 0.598. The number of aromatic hydroxyl groups is 1. The molecule has 3 unspecified atom stereocenters. The number of carboxylic acids is 1. The van der Waals surface area contributed by atoms with Crippen LogP contribution in [0.15, 0.2) is 24.3 Å². The van der Waals surface area contributed by atoms with E-state index in [4.69, 9.17) is 5.11 Å². The number of carbonyl (C=O) groups is 2. The monoisotopic (exact) mass is 306 g/mol. The van der Waals surface area contributed by atoms with E-state index in [1.54, 1.807) is 23.1 Å². The van der Waals surface area contributed by atoms with Gasteiger partial charge in [0.1, 0.15) is 5.75 Å². The van der Waals surface area contributed by atoms with Gasteiger partial charge >= 0.3 is 12.0 Å². The second-order valence-electron chi connectivity index (χ2n) is 6.05. The van der Waals surface area contributed by atoms with E-state index >= 15 is 0 Å². The van der Waals surface area contributed by atoms with Gasteiger partial charge in [0, 0.05) is 13.1 Å². The molecule has 2 rings (SSSR count). The third-order valence-electron chi connectivity index (χ3n) is 4.01. The highest BCUT2D eigenvalue weighted by molar-refractivity contribution is 5.77. The molecule has 0 bridgehead atoms. The summed E-state index contributed by atoms with van der Waals surface area (Å²) in [6.45, 7) is 4.57. The van der Waals surface area contributed by atoms with Crippen LogP contribution < -0.4 is 5.32 Å². The first-order chi connectivity index (χ1) is 10.4. The van der Waals surface area contributed by atoms with Crippen LogP contribution >= 0.6 is 0 Å². The van der Waals surface area contributed by atoms with Crippen LogP contribution in [0.25, 0.3) is 0 Å². The number of phenolic OH excluding ortho intramolecular Hbond substituents is 1. The topological polar surface area (TPSA) is 89.9 Å². The van der Waals surface area contributed by atoms with Crippen molar-refractivity contribution in [2.75, 3.05) is 13.1 Å². The molecule has 1 aromatic rings. The Balaban J connectivity index is 2.00. The van der Waals surface area contributed by atoms with E-state index < -0.39 is 11.9 Å². The summed E-state index contributed by atoms with van der Waals surface area (Å²) in [7, 11) is 0. The predicted molar refractivity (Wildman–Crippen MR) is 81.5 cm³/mol. The molecule has 1 aliphatic rings. The Morgan fingerprint density at radius 1 is 1.36 bits per heavy atom. The number of benzene rings is 1. The van der Waals surface area contributed by atoms with Gasteiger partial charge in [-0.15, -0.1) is 0 Å². The number of rotatable bonds is 3. The van der Waals surface area contributed by atoms with Gasteiger partial charge in [-0.25, -0.2) is 4.79 Å². The van der Waals surface area contributed by atoms with Crippen molar-refractivity contribution in [3.63, 3.8) is 0 Å². The molecule has 1 aliphatic heterocycles. The molecule has 0 spiro atoms. The van der Waals surface area contributed by atoms with E-state index in [0.29, 0.717) is 13.0 Å². The molecule has 3 N–H and O–H groups in total. The maximum absolute atomic E-state index is 12.3. The molecule has 1 heterocycles. The number of nitrogens with zero attached hydrogens (tertiary/aromatic N) is 1. The van der Waals surface area contributed by atoms with Crippen LogP contribution in [-0.2, 0) is 4.79 Å². The van der Waals surface area contributed by atoms with Crippen molar-refractivity contribution in [3.05, 3.63) is 29.8 Å². The molecule has 0 aromatic heterocycles. The minimum absolute atomic E-state index is 0.149. The number of amides is 2. The van der Waals surface area contributed by atoms with Crippen molar-refractivity contribution in [1.82, 2.24) is 10.2 Å². The molecule has 1 fully saturated rings. The first-order valence-corrected chi connectivity index (χ1v) is 7.44. The van der Waals surface area contributed by atoms with Gasteiger partial charge in [-0.3, -0.25) is 4.79 Å². The average Bonchev–Trinajstić information content (AvgIpc) is 2.46. The summed E-state index contributed by atoms with van der Waals surface area (Å²) in [5.74, 6) is -1.05. The fourth-order valence-corrected chi connectivity index (χ4v) is 2.85. The highest BCUT2D eigenvalue weighted by Gasteiger charge is 2.32. The summed E-state index contributed by atoms with van der Waals surface area (Å²) in [5.41, 5.74) is 0.799. The largest absolute Gasteiger partial charge is 0.508 e. The zero-order chi connectivity index (χ0) is 16.3. The molecule has 22 heavy (non-hydrogen) atoms. The number of hydrogen-bond acceptors (Lipinski definition) is 3. The lowest BCUT2D eigenvalue weighted by Crippen LogP contribution is -2.49. The fraction of sp³-hybridized carbons (Fsp3) is 0.500. The Labute approximate surface area is 129 Å². The molecule has 2 amide bonds. The molecule has 0 saturated carbocycles. The lowest BCUT2D eigenvalue weighted by atomic mass is 9.91. The lowest BCUT2D eigenvalue weighted by Gasteiger charge is -2.35. The Kier molecular flexibility index (Phi) is 4.90. The molecular weight excluding hydrogens is 284 g/mol. The number of nitrogens with one attached hydrogen (secondary N) is 1. The summed E-state index contributed by atoms with van der Waals surface area (Å²) in [4.78, 5) is 25.1. The lowest BCUT2D eigenvalue weighted by molar-refractivity contribution is -0.143. The van der Waals surface area contributed by atoms with Crippen LogP contribution in [-0.4, -0.2) is 40.2 Å². The highest BCUT2D eigenvalue weighted by Crippen LogP contribution is 2.23. The van der Waals surface area contributed by atoms with E-state index in [0.717, 1.165) is 5.56 Å². The van der Waals surface area contributed by atoms with E-state index in [-0.39, 0.29) is 30.3 Å². The molecule has 6 heteroatoms. The normalized spacial score (nSPS) is 22.9. The first-order valence-electron chi connectivity index (χ1n) is 7.44. The zero-order valence-electron chi connectivity index (χ0n) is 12.8. The maximum Gasteiger partial charge on any atom is 0.317 e. The molecule has 0 aliphatic carbocycles. The number of carbonyl (C=O) groups excluding carboxylic acids is 1. The number of aliphatic carboxylic acids is 1. The molecular formula is C16H22N2O4. The van der Waals surface area contributed by atoms with Crippen molar-refractivity contribution in [2.24, 2.45) is 11.8 Å². The number of hydrogen-bond donors (Lipinski definition) is 3. The van der Waals surface area contributed by atoms with Crippen LogP contribution in [0.4, 0.5) is 4.79 Å². The molecule has 1 saturated heterocycles. The highest BCUT2D eigenvalue weighted by atomic mass is 16.4. The molecule has 1 aromatic carbocycles. The van der Waals surface area contributed by atoms with Crippen LogP contribution in [0.2, 0.25) is 0 Å². The van der Waals surface area contributed by atoms with Crippen LogP contribution in [0.3, 0.4) is 0 Å².